The minimum atomic E-state index is -1.27. The number of ether oxygens (including phenoxy) is 1. The van der Waals surface area contributed by atoms with Crippen LogP contribution in [0.2, 0.25) is 5.02 Å². The molecule has 7 heteroatoms. The first kappa shape index (κ1) is 16.5. The fourth-order valence-corrected chi connectivity index (χ4v) is 2.83. The Bertz CT molecular complexity index is 565. The number of halogens is 2. The molecule has 0 spiro atoms. The van der Waals surface area contributed by atoms with Gasteiger partial charge < -0.3 is 20.5 Å². The van der Waals surface area contributed by atoms with Gasteiger partial charge >= 0.3 is 6.09 Å². The van der Waals surface area contributed by atoms with Crippen LogP contribution in [0.1, 0.15) is 18.4 Å². The van der Waals surface area contributed by atoms with Gasteiger partial charge in [0.15, 0.2) is 0 Å². The van der Waals surface area contributed by atoms with Crippen LogP contribution in [-0.4, -0.2) is 48.2 Å². The Morgan fingerprint density at radius 2 is 2.13 bits per heavy atom. The lowest BCUT2D eigenvalue weighted by atomic mass is 10.0. The summed E-state index contributed by atoms with van der Waals surface area (Å²) < 4.78 is 18.8. The van der Waals surface area contributed by atoms with E-state index in [9.17, 15) is 14.3 Å². The standard InChI is InChI=1S/C16H20ClFN2O3/c17-11-3-1-10(2-4-11)7-12-14(13(21)8-19-12)23-15(22)20-9-16(18)5-6-16/h1-4,12-14,19,21H,5-9H2,(H,20,22)/t12-,13+,14+/m1/s1. The summed E-state index contributed by atoms with van der Waals surface area (Å²) in [6.07, 6.45) is -0.596. The van der Waals surface area contributed by atoms with Gasteiger partial charge in [0.1, 0.15) is 17.9 Å². The predicted molar refractivity (Wildman–Crippen MR) is 84.3 cm³/mol. The number of alkyl carbamates (subject to hydrolysis) is 1. The van der Waals surface area contributed by atoms with Crippen LogP contribution in [0.15, 0.2) is 24.3 Å². The van der Waals surface area contributed by atoms with Crippen molar-refractivity contribution in [3.8, 4) is 0 Å². The zero-order chi connectivity index (χ0) is 16.4. The number of hydrogen-bond donors (Lipinski definition) is 3. The molecule has 1 aliphatic carbocycles. The van der Waals surface area contributed by atoms with E-state index in [0.29, 0.717) is 30.8 Å². The molecule has 5 nitrogen and oxygen atoms in total. The van der Waals surface area contributed by atoms with Crippen LogP contribution >= 0.6 is 11.6 Å². The van der Waals surface area contributed by atoms with Crippen LogP contribution in [0.5, 0.6) is 0 Å². The van der Waals surface area contributed by atoms with E-state index in [2.05, 4.69) is 10.6 Å². The molecule has 1 aromatic rings. The largest absolute Gasteiger partial charge is 0.442 e. The maximum absolute atomic E-state index is 13.5. The summed E-state index contributed by atoms with van der Waals surface area (Å²) in [6, 6.07) is 7.18. The van der Waals surface area contributed by atoms with Gasteiger partial charge in [-0.05, 0) is 37.0 Å². The summed E-state index contributed by atoms with van der Waals surface area (Å²) in [7, 11) is 0. The number of nitrogens with one attached hydrogen (secondary N) is 2. The van der Waals surface area contributed by atoms with Crippen LogP contribution in [-0.2, 0) is 11.2 Å². The molecule has 3 rings (SSSR count). The van der Waals surface area contributed by atoms with Crippen molar-refractivity contribution in [2.75, 3.05) is 13.1 Å². The summed E-state index contributed by atoms with van der Waals surface area (Å²) in [6.45, 7) is 0.313. The minimum Gasteiger partial charge on any atom is -0.442 e. The summed E-state index contributed by atoms with van der Waals surface area (Å²) in [4.78, 5) is 11.8. The third-order valence-corrected chi connectivity index (χ3v) is 4.57. The van der Waals surface area contributed by atoms with Crippen molar-refractivity contribution in [2.45, 2.75) is 43.2 Å². The number of alkyl halides is 1. The van der Waals surface area contributed by atoms with E-state index in [1.807, 2.05) is 12.1 Å². The third-order valence-electron chi connectivity index (χ3n) is 4.32. The molecule has 0 radical (unpaired) electrons. The van der Waals surface area contributed by atoms with Crippen LogP contribution < -0.4 is 10.6 Å². The lowest BCUT2D eigenvalue weighted by Gasteiger charge is -2.22. The molecular weight excluding hydrogens is 323 g/mol. The fourth-order valence-electron chi connectivity index (χ4n) is 2.70. The van der Waals surface area contributed by atoms with Crippen LogP contribution in [0.4, 0.5) is 9.18 Å². The zero-order valence-corrected chi connectivity index (χ0v) is 13.4. The summed E-state index contributed by atoms with van der Waals surface area (Å²) >= 11 is 5.86. The number of aliphatic hydroxyl groups excluding tert-OH is 1. The van der Waals surface area contributed by atoms with E-state index in [-0.39, 0.29) is 12.6 Å². The average molecular weight is 343 g/mol. The summed E-state index contributed by atoms with van der Waals surface area (Å²) in [5.74, 6) is 0. The fraction of sp³-hybridized carbons (Fsp3) is 0.562. The second-order valence-corrected chi connectivity index (χ2v) is 6.72. The van der Waals surface area contributed by atoms with Gasteiger partial charge in [-0.25, -0.2) is 9.18 Å². The second-order valence-electron chi connectivity index (χ2n) is 6.29. The van der Waals surface area contributed by atoms with Crippen molar-refractivity contribution in [2.24, 2.45) is 0 Å². The monoisotopic (exact) mass is 342 g/mol. The number of aliphatic hydroxyl groups is 1. The molecule has 0 aromatic heterocycles. The van der Waals surface area contributed by atoms with Crippen molar-refractivity contribution in [1.29, 1.82) is 0 Å². The zero-order valence-electron chi connectivity index (χ0n) is 12.6. The molecule has 1 saturated heterocycles. The molecule has 1 saturated carbocycles. The first-order valence-electron chi connectivity index (χ1n) is 7.74. The molecule has 1 amide bonds. The highest BCUT2D eigenvalue weighted by Crippen LogP contribution is 2.38. The minimum absolute atomic E-state index is 0.0378. The molecule has 1 aromatic carbocycles. The molecule has 0 unspecified atom stereocenters. The highest BCUT2D eigenvalue weighted by atomic mass is 35.5. The molecule has 2 fully saturated rings. The lowest BCUT2D eigenvalue weighted by Crippen LogP contribution is -2.42. The normalized spacial score (nSPS) is 28.4. The number of carbonyl (C=O) groups is 1. The molecule has 1 aliphatic heterocycles. The van der Waals surface area contributed by atoms with Crippen molar-refractivity contribution in [1.82, 2.24) is 10.6 Å². The first-order chi connectivity index (χ1) is 11.0. The van der Waals surface area contributed by atoms with Crippen molar-refractivity contribution in [3.05, 3.63) is 34.9 Å². The number of benzene rings is 1. The van der Waals surface area contributed by atoms with Gasteiger partial charge in [0.05, 0.1) is 12.6 Å². The Hall–Kier alpha value is -1.37. The first-order valence-corrected chi connectivity index (χ1v) is 8.12. The number of rotatable bonds is 5. The Balaban J connectivity index is 1.54. The molecular formula is C16H20ClFN2O3. The Morgan fingerprint density at radius 1 is 1.43 bits per heavy atom. The van der Waals surface area contributed by atoms with Gasteiger partial charge in [-0.15, -0.1) is 0 Å². The predicted octanol–water partition coefficient (Wildman–Crippen LogP) is 1.81. The van der Waals surface area contributed by atoms with Crippen molar-refractivity contribution in [3.63, 3.8) is 0 Å². The maximum Gasteiger partial charge on any atom is 0.407 e. The number of carbonyl (C=O) groups excluding carboxylic acids is 1. The van der Waals surface area contributed by atoms with Gasteiger partial charge in [-0.1, -0.05) is 23.7 Å². The third kappa shape index (κ3) is 4.34. The lowest BCUT2D eigenvalue weighted by molar-refractivity contribution is 0.0181. The summed E-state index contributed by atoms with van der Waals surface area (Å²) in [5, 5.41) is 16.2. The van der Waals surface area contributed by atoms with Crippen LogP contribution in [0.25, 0.3) is 0 Å². The molecule has 126 valence electrons. The highest BCUT2D eigenvalue weighted by Gasteiger charge is 2.44. The Morgan fingerprint density at radius 3 is 2.78 bits per heavy atom. The molecule has 3 N–H and O–H groups in total. The van der Waals surface area contributed by atoms with Crippen LogP contribution in [0.3, 0.4) is 0 Å². The van der Waals surface area contributed by atoms with Gasteiger partial charge in [0.2, 0.25) is 0 Å². The quantitative estimate of drug-likeness (QED) is 0.763. The molecule has 1 heterocycles. The van der Waals surface area contributed by atoms with Crippen LogP contribution in [0, 0.1) is 0 Å². The molecule has 3 atom stereocenters. The SMILES string of the molecule is O=C(NCC1(F)CC1)O[C@@H]1[C@@H](O)CN[C@@H]1Cc1ccc(Cl)cc1. The Labute approximate surface area is 139 Å². The van der Waals surface area contributed by atoms with Gasteiger partial charge in [0, 0.05) is 11.6 Å². The molecule has 2 aliphatic rings. The van der Waals surface area contributed by atoms with Gasteiger partial charge in [0.25, 0.3) is 0 Å². The molecule has 23 heavy (non-hydrogen) atoms. The second kappa shape index (κ2) is 6.63. The van der Waals surface area contributed by atoms with E-state index in [0.717, 1.165) is 5.56 Å². The number of amides is 1. The number of β-amino-alcohol motifs (C(OH)–C–C–N with tert-alkyl or cyclic N) is 1. The van der Waals surface area contributed by atoms with Crippen molar-refractivity contribution >= 4 is 17.7 Å². The van der Waals surface area contributed by atoms with E-state index >= 15 is 0 Å². The smallest absolute Gasteiger partial charge is 0.407 e. The summed E-state index contributed by atoms with van der Waals surface area (Å²) in [5.41, 5.74) is -0.246. The highest BCUT2D eigenvalue weighted by molar-refractivity contribution is 6.30. The average Bonchev–Trinajstić information content (AvgIpc) is 3.18. The van der Waals surface area contributed by atoms with E-state index < -0.39 is 24.0 Å². The Kier molecular flexibility index (Phi) is 4.75. The van der Waals surface area contributed by atoms with E-state index in [1.54, 1.807) is 12.1 Å². The van der Waals surface area contributed by atoms with E-state index in [4.69, 9.17) is 16.3 Å². The van der Waals surface area contributed by atoms with Gasteiger partial charge in [-0.2, -0.15) is 0 Å². The van der Waals surface area contributed by atoms with Gasteiger partial charge in [-0.3, -0.25) is 0 Å². The van der Waals surface area contributed by atoms with E-state index in [1.165, 1.54) is 0 Å². The molecule has 0 bridgehead atoms. The number of hydrogen-bond acceptors (Lipinski definition) is 4. The maximum atomic E-state index is 13.5. The topological polar surface area (TPSA) is 70.6 Å². The van der Waals surface area contributed by atoms with Crippen molar-refractivity contribution < 1.29 is 19.0 Å².